The number of halogens is 2. The number of hydrogen-bond donors (Lipinski definition) is 1. The fourth-order valence-corrected chi connectivity index (χ4v) is 3.86. The zero-order valence-electron chi connectivity index (χ0n) is 11.8. The standard InChI is InChI=1S/C16H21ClFNO/c1-19-15(12-4-2-5-13(17)14(12)18)11-6-9-20-16(10-11)7-3-8-16/h2,4-5,11,15,19H,3,6-10H2,1H3. The van der Waals surface area contributed by atoms with Gasteiger partial charge in [-0.2, -0.15) is 0 Å². The van der Waals surface area contributed by atoms with Crippen molar-refractivity contribution >= 4 is 11.6 Å². The Labute approximate surface area is 124 Å². The lowest BCUT2D eigenvalue weighted by atomic mass is 9.69. The molecule has 2 unspecified atom stereocenters. The fraction of sp³-hybridized carbons (Fsp3) is 0.625. The first kappa shape index (κ1) is 14.3. The van der Waals surface area contributed by atoms with E-state index in [1.54, 1.807) is 6.07 Å². The molecule has 3 rings (SSSR count). The Hall–Kier alpha value is -0.640. The Kier molecular flexibility index (Phi) is 4.02. The average molecular weight is 298 g/mol. The van der Waals surface area contributed by atoms with E-state index in [2.05, 4.69) is 5.32 Å². The van der Waals surface area contributed by atoms with Gasteiger partial charge in [0.25, 0.3) is 0 Å². The molecule has 1 saturated carbocycles. The van der Waals surface area contributed by atoms with Crippen molar-refractivity contribution in [2.24, 2.45) is 5.92 Å². The van der Waals surface area contributed by atoms with Crippen LogP contribution in [-0.4, -0.2) is 19.3 Å². The third kappa shape index (κ3) is 2.47. The van der Waals surface area contributed by atoms with Crippen LogP contribution in [0.3, 0.4) is 0 Å². The minimum absolute atomic E-state index is 0.00933. The molecule has 1 N–H and O–H groups in total. The first-order valence-electron chi connectivity index (χ1n) is 7.40. The Morgan fingerprint density at radius 3 is 2.90 bits per heavy atom. The van der Waals surface area contributed by atoms with Crippen molar-refractivity contribution in [1.82, 2.24) is 5.32 Å². The van der Waals surface area contributed by atoms with Crippen LogP contribution in [0.1, 0.15) is 43.7 Å². The molecule has 110 valence electrons. The summed E-state index contributed by atoms with van der Waals surface area (Å²) < 4.78 is 20.2. The van der Waals surface area contributed by atoms with E-state index in [0.29, 0.717) is 11.5 Å². The summed E-state index contributed by atoms with van der Waals surface area (Å²) >= 11 is 5.92. The molecular formula is C16H21ClFNO. The molecule has 0 aromatic heterocycles. The van der Waals surface area contributed by atoms with Gasteiger partial charge in [0.15, 0.2) is 0 Å². The van der Waals surface area contributed by atoms with E-state index in [1.165, 1.54) is 6.42 Å². The molecule has 1 aromatic carbocycles. The lowest BCUT2D eigenvalue weighted by molar-refractivity contribution is -0.147. The lowest BCUT2D eigenvalue weighted by Crippen LogP contribution is -2.47. The Balaban J connectivity index is 1.84. The van der Waals surface area contributed by atoms with E-state index in [1.807, 2.05) is 19.2 Å². The normalized spacial score (nSPS) is 26.2. The number of rotatable bonds is 3. The second-order valence-corrected chi connectivity index (χ2v) is 6.45. The van der Waals surface area contributed by atoms with Crippen LogP contribution in [0.5, 0.6) is 0 Å². The number of benzene rings is 1. The van der Waals surface area contributed by atoms with E-state index >= 15 is 0 Å². The van der Waals surface area contributed by atoms with Crippen molar-refractivity contribution in [3.05, 3.63) is 34.6 Å². The van der Waals surface area contributed by atoms with Gasteiger partial charge < -0.3 is 10.1 Å². The highest BCUT2D eigenvalue weighted by molar-refractivity contribution is 6.30. The van der Waals surface area contributed by atoms with Crippen LogP contribution in [-0.2, 0) is 4.74 Å². The first-order valence-corrected chi connectivity index (χ1v) is 7.78. The molecule has 0 amide bonds. The highest BCUT2D eigenvalue weighted by atomic mass is 35.5. The van der Waals surface area contributed by atoms with Crippen LogP contribution in [0.25, 0.3) is 0 Å². The second kappa shape index (κ2) is 5.63. The lowest BCUT2D eigenvalue weighted by Gasteiger charge is -2.48. The van der Waals surface area contributed by atoms with Crippen molar-refractivity contribution < 1.29 is 9.13 Å². The molecule has 2 aliphatic rings. The van der Waals surface area contributed by atoms with Crippen molar-refractivity contribution in [2.75, 3.05) is 13.7 Å². The van der Waals surface area contributed by atoms with Gasteiger partial charge in [0.2, 0.25) is 0 Å². The Bertz CT molecular complexity index is 489. The van der Waals surface area contributed by atoms with Gasteiger partial charge in [-0.05, 0) is 51.1 Å². The fourth-order valence-electron chi connectivity index (χ4n) is 3.68. The average Bonchev–Trinajstić information content (AvgIpc) is 2.43. The minimum atomic E-state index is -0.289. The SMILES string of the molecule is CNC(c1cccc(Cl)c1F)C1CCOC2(CCC2)C1. The molecule has 2 atom stereocenters. The van der Waals surface area contributed by atoms with Crippen LogP contribution in [0.2, 0.25) is 5.02 Å². The second-order valence-electron chi connectivity index (χ2n) is 6.05. The van der Waals surface area contributed by atoms with E-state index in [4.69, 9.17) is 16.3 Å². The Morgan fingerprint density at radius 2 is 2.25 bits per heavy atom. The molecular weight excluding hydrogens is 277 g/mol. The van der Waals surface area contributed by atoms with Gasteiger partial charge in [-0.1, -0.05) is 23.7 Å². The topological polar surface area (TPSA) is 21.3 Å². The van der Waals surface area contributed by atoms with E-state index in [-0.39, 0.29) is 22.5 Å². The molecule has 0 radical (unpaired) electrons. The molecule has 1 saturated heterocycles. The molecule has 0 bridgehead atoms. The molecule has 1 aliphatic carbocycles. The molecule has 1 spiro atoms. The summed E-state index contributed by atoms with van der Waals surface area (Å²) in [7, 11) is 1.90. The molecule has 2 nitrogen and oxygen atoms in total. The highest BCUT2D eigenvalue weighted by Gasteiger charge is 2.44. The van der Waals surface area contributed by atoms with Gasteiger partial charge in [0.1, 0.15) is 5.82 Å². The van der Waals surface area contributed by atoms with E-state index in [9.17, 15) is 4.39 Å². The quantitative estimate of drug-likeness (QED) is 0.907. The molecule has 1 heterocycles. The summed E-state index contributed by atoms with van der Waals surface area (Å²) in [5.41, 5.74) is 0.758. The Morgan fingerprint density at radius 1 is 1.45 bits per heavy atom. The smallest absolute Gasteiger partial charge is 0.146 e. The summed E-state index contributed by atoms with van der Waals surface area (Å²) in [5, 5.41) is 3.49. The van der Waals surface area contributed by atoms with Crippen molar-refractivity contribution in [1.29, 1.82) is 0 Å². The number of hydrogen-bond acceptors (Lipinski definition) is 2. The zero-order valence-corrected chi connectivity index (χ0v) is 12.5. The van der Waals surface area contributed by atoms with Gasteiger partial charge in [-0.15, -0.1) is 0 Å². The maximum Gasteiger partial charge on any atom is 0.146 e. The van der Waals surface area contributed by atoms with Crippen molar-refractivity contribution in [3.8, 4) is 0 Å². The number of nitrogens with one attached hydrogen (secondary N) is 1. The molecule has 1 aliphatic heterocycles. The van der Waals surface area contributed by atoms with Crippen molar-refractivity contribution in [2.45, 2.75) is 43.7 Å². The van der Waals surface area contributed by atoms with Crippen LogP contribution in [0.15, 0.2) is 18.2 Å². The summed E-state index contributed by atoms with van der Waals surface area (Å²) in [6.45, 7) is 0.783. The first-order chi connectivity index (χ1) is 9.65. The largest absolute Gasteiger partial charge is 0.375 e. The van der Waals surface area contributed by atoms with Crippen LogP contribution in [0, 0.1) is 11.7 Å². The van der Waals surface area contributed by atoms with Crippen LogP contribution in [0.4, 0.5) is 4.39 Å². The van der Waals surface area contributed by atoms with E-state index in [0.717, 1.165) is 32.3 Å². The maximum atomic E-state index is 14.3. The van der Waals surface area contributed by atoms with Crippen molar-refractivity contribution in [3.63, 3.8) is 0 Å². The van der Waals surface area contributed by atoms with Gasteiger partial charge in [0.05, 0.1) is 10.6 Å². The van der Waals surface area contributed by atoms with E-state index < -0.39 is 0 Å². The van der Waals surface area contributed by atoms with Gasteiger partial charge in [-0.3, -0.25) is 0 Å². The maximum absolute atomic E-state index is 14.3. The summed E-state index contributed by atoms with van der Waals surface area (Å²) in [6, 6.07) is 5.27. The summed E-state index contributed by atoms with van der Waals surface area (Å²) in [4.78, 5) is 0. The third-order valence-corrected chi connectivity index (χ3v) is 5.19. The third-order valence-electron chi connectivity index (χ3n) is 4.89. The summed E-state index contributed by atoms with van der Waals surface area (Å²) in [6.07, 6.45) is 5.54. The predicted octanol–water partition coefficient (Wildman–Crippen LogP) is 4.09. The van der Waals surface area contributed by atoms with Gasteiger partial charge in [0, 0.05) is 18.2 Å². The van der Waals surface area contributed by atoms with Gasteiger partial charge >= 0.3 is 0 Å². The van der Waals surface area contributed by atoms with Gasteiger partial charge in [-0.25, -0.2) is 4.39 Å². The predicted molar refractivity (Wildman–Crippen MR) is 78.5 cm³/mol. The molecule has 1 aromatic rings. The molecule has 2 fully saturated rings. The van der Waals surface area contributed by atoms with Crippen LogP contribution >= 0.6 is 11.6 Å². The summed E-state index contributed by atoms with van der Waals surface area (Å²) in [5.74, 6) is 0.115. The monoisotopic (exact) mass is 297 g/mol. The molecule has 4 heteroatoms. The van der Waals surface area contributed by atoms with Crippen LogP contribution < -0.4 is 5.32 Å². The highest BCUT2D eigenvalue weighted by Crippen LogP contribution is 2.47. The zero-order chi connectivity index (χ0) is 14.2. The minimum Gasteiger partial charge on any atom is -0.375 e. The molecule has 20 heavy (non-hydrogen) atoms. The number of ether oxygens (including phenoxy) is 1.